The lowest BCUT2D eigenvalue weighted by Gasteiger charge is -2.06. The zero-order valence-corrected chi connectivity index (χ0v) is 9.13. The van der Waals surface area contributed by atoms with Crippen LogP contribution in [0.25, 0.3) is 0 Å². The van der Waals surface area contributed by atoms with Gasteiger partial charge in [0.15, 0.2) is 0 Å². The molecule has 6 heteroatoms. The molecule has 0 aliphatic rings. The number of anilines is 1. The van der Waals surface area contributed by atoms with Gasteiger partial charge in [0.05, 0.1) is 11.8 Å². The number of benzene rings is 1. The second-order valence-electron chi connectivity index (χ2n) is 3.27. The molecule has 0 saturated heterocycles. The summed E-state index contributed by atoms with van der Waals surface area (Å²) < 4.78 is 24.1. The van der Waals surface area contributed by atoms with Gasteiger partial charge in [0.25, 0.3) is 0 Å². The van der Waals surface area contributed by atoms with Crippen LogP contribution in [0.2, 0.25) is 0 Å². The summed E-state index contributed by atoms with van der Waals surface area (Å²) in [5.41, 5.74) is 0.997. The van der Waals surface area contributed by atoms with Crippen molar-refractivity contribution in [1.29, 1.82) is 0 Å². The average Bonchev–Trinajstić information content (AvgIpc) is 1.99. The van der Waals surface area contributed by atoms with E-state index in [-0.39, 0.29) is 11.3 Å². The highest BCUT2D eigenvalue weighted by Gasteiger charge is 2.07. The van der Waals surface area contributed by atoms with Gasteiger partial charge in [-0.05, 0) is 30.7 Å². The maximum Gasteiger partial charge on any atom is 0.335 e. The van der Waals surface area contributed by atoms with Gasteiger partial charge in [-0.2, -0.15) is 0 Å². The molecule has 0 unspecified atom stereocenters. The molecular weight excluding hydrogens is 218 g/mol. The van der Waals surface area contributed by atoms with E-state index < -0.39 is 16.0 Å². The number of carboxylic acids is 1. The molecule has 15 heavy (non-hydrogen) atoms. The highest BCUT2D eigenvalue weighted by atomic mass is 32.2. The van der Waals surface area contributed by atoms with E-state index in [1.807, 2.05) is 0 Å². The van der Waals surface area contributed by atoms with Crippen LogP contribution in [0.5, 0.6) is 0 Å². The molecule has 5 nitrogen and oxygen atoms in total. The molecule has 0 aliphatic heterocycles. The van der Waals surface area contributed by atoms with Crippen molar-refractivity contribution in [2.45, 2.75) is 6.92 Å². The lowest BCUT2D eigenvalue weighted by Crippen LogP contribution is -2.10. The largest absolute Gasteiger partial charge is 0.478 e. The highest BCUT2D eigenvalue weighted by Crippen LogP contribution is 2.15. The summed E-state index contributed by atoms with van der Waals surface area (Å²) in [5.74, 6) is -1.09. The van der Waals surface area contributed by atoms with Gasteiger partial charge >= 0.3 is 5.97 Å². The van der Waals surface area contributed by atoms with E-state index in [1.54, 1.807) is 13.0 Å². The maximum absolute atomic E-state index is 10.9. The Hall–Kier alpha value is -1.56. The summed E-state index contributed by atoms with van der Waals surface area (Å²) in [5, 5.41) is 8.75. The van der Waals surface area contributed by atoms with Crippen LogP contribution in [0.4, 0.5) is 5.69 Å². The molecule has 0 aromatic heterocycles. The third kappa shape index (κ3) is 3.59. The Balaban J connectivity index is 3.15. The smallest absolute Gasteiger partial charge is 0.335 e. The molecule has 1 aromatic rings. The van der Waals surface area contributed by atoms with Crippen LogP contribution >= 0.6 is 0 Å². The molecule has 0 amide bonds. The summed E-state index contributed by atoms with van der Waals surface area (Å²) in [6.07, 6.45) is 1.01. The SMILES string of the molecule is Cc1cc(NS(C)(=O)=O)cc(C(=O)O)c1. The molecule has 0 atom stereocenters. The number of nitrogens with one attached hydrogen (secondary N) is 1. The summed E-state index contributed by atoms with van der Waals surface area (Å²) >= 11 is 0. The fraction of sp³-hybridized carbons (Fsp3) is 0.222. The number of hydrogen-bond donors (Lipinski definition) is 2. The molecule has 0 aliphatic carbocycles. The third-order valence-corrected chi connectivity index (χ3v) is 2.23. The number of rotatable bonds is 3. The van der Waals surface area contributed by atoms with E-state index in [0.717, 1.165) is 6.26 Å². The van der Waals surface area contributed by atoms with Crippen LogP contribution in [0, 0.1) is 6.92 Å². The van der Waals surface area contributed by atoms with Gasteiger partial charge in [0.2, 0.25) is 10.0 Å². The van der Waals surface area contributed by atoms with Crippen molar-refractivity contribution in [3.8, 4) is 0 Å². The van der Waals surface area contributed by atoms with Crippen LogP contribution in [0.1, 0.15) is 15.9 Å². The average molecular weight is 229 g/mol. The van der Waals surface area contributed by atoms with E-state index >= 15 is 0 Å². The van der Waals surface area contributed by atoms with Gasteiger partial charge in [0.1, 0.15) is 0 Å². The lowest BCUT2D eigenvalue weighted by atomic mass is 10.1. The van der Waals surface area contributed by atoms with Crippen LogP contribution in [0.3, 0.4) is 0 Å². The van der Waals surface area contributed by atoms with Crippen LogP contribution in [0.15, 0.2) is 18.2 Å². The molecule has 82 valence electrons. The quantitative estimate of drug-likeness (QED) is 0.811. The van der Waals surface area contributed by atoms with Crippen LogP contribution in [-0.4, -0.2) is 25.7 Å². The number of aromatic carboxylic acids is 1. The highest BCUT2D eigenvalue weighted by molar-refractivity contribution is 7.92. The first-order valence-corrected chi connectivity index (χ1v) is 6.00. The van der Waals surface area contributed by atoms with Crippen molar-refractivity contribution in [1.82, 2.24) is 0 Å². The van der Waals surface area contributed by atoms with Gasteiger partial charge in [-0.15, -0.1) is 0 Å². The van der Waals surface area contributed by atoms with Crippen molar-refractivity contribution < 1.29 is 18.3 Å². The number of sulfonamides is 1. The van der Waals surface area contributed by atoms with Crippen molar-refractivity contribution in [2.24, 2.45) is 0 Å². The fourth-order valence-corrected chi connectivity index (χ4v) is 1.73. The second-order valence-corrected chi connectivity index (χ2v) is 5.02. The summed E-state index contributed by atoms with van der Waals surface area (Å²) in [6, 6.07) is 4.31. The predicted octanol–water partition coefficient (Wildman–Crippen LogP) is 1.06. The predicted molar refractivity (Wildman–Crippen MR) is 56.6 cm³/mol. The fourth-order valence-electron chi connectivity index (χ4n) is 1.18. The van der Waals surface area contributed by atoms with E-state index in [9.17, 15) is 13.2 Å². The van der Waals surface area contributed by atoms with E-state index in [4.69, 9.17) is 5.11 Å². The van der Waals surface area contributed by atoms with Crippen LogP contribution in [-0.2, 0) is 10.0 Å². The molecule has 0 heterocycles. The minimum absolute atomic E-state index is 0.0566. The Kier molecular flexibility index (Phi) is 2.99. The molecule has 0 saturated carbocycles. The normalized spacial score (nSPS) is 11.1. The van der Waals surface area contributed by atoms with Gasteiger partial charge in [-0.3, -0.25) is 4.72 Å². The zero-order valence-electron chi connectivity index (χ0n) is 8.31. The second kappa shape index (κ2) is 3.90. The lowest BCUT2D eigenvalue weighted by molar-refractivity contribution is 0.0697. The van der Waals surface area contributed by atoms with Crippen molar-refractivity contribution in [2.75, 3.05) is 11.0 Å². The molecule has 0 radical (unpaired) electrons. The van der Waals surface area contributed by atoms with Crippen molar-refractivity contribution in [3.05, 3.63) is 29.3 Å². The van der Waals surface area contributed by atoms with Gasteiger partial charge in [-0.25, -0.2) is 13.2 Å². The topological polar surface area (TPSA) is 83.5 Å². The van der Waals surface area contributed by atoms with E-state index in [0.29, 0.717) is 5.56 Å². The first kappa shape index (κ1) is 11.5. The molecule has 0 spiro atoms. The van der Waals surface area contributed by atoms with Gasteiger partial charge in [0, 0.05) is 5.69 Å². The molecular formula is C9H11NO4S. The molecule has 1 aromatic carbocycles. The van der Waals surface area contributed by atoms with Gasteiger partial charge < -0.3 is 5.11 Å². The number of carbonyl (C=O) groups is 1. The van der Waals surface area contributed by atoms with Crippen LogP contribution < -0.4 is 4.72 Å². The van der Waals surface area contributed by atoms with E-state index in [1.165, 1.54) is 12.1 Å². The zero-order chi connectivity index (χ0) is 11.6. The van der Waals surface area contributed by atoms with Gasteiger partial charge in [-0.1, -0.05) is 0 Å². The molecule has 2 N–H and O–H groups in total. The summed E-state index contributed by atoms with van der Waals surface area (Å²) in [7, 11) is -3.38. The first-order valence-electron chi connectivity index (χ1n) is 4.11. The number of aryl methyl sites for hydroxylation is 1. The summed E-state index contributed by atoms with van der Waals surface area (Å²) in [4.78, 5) is 10.7. The minimum atomic E-state index is -3.38. The number of hydrogen-bond acceptors (Lipinski definition) is 3. The van der Waals surface area contributed by atoms with Crippen molar-refractivity contribution in [3.63, 3.8) is 0 Å². The Bertz CT molecular complexity index is 493. The van der Waals surface area contributed by atoms with Crippen molar-refractivity contribution >= 4 is 21.7 Å². The molecule has 0 bridgehead atoms. The Morgan fingerprint density at radius 1 is 1.33 bits per heavy atom. The standard InChI is InChI=1S/C9H11NO4S/c1-6-3-7(9(11)12)5-8(4-6)10-15(2,13)14/h3-5,10H,1-2H3,(H,11,12). The van der Waals surface area contributed by atoms with E-state index in [2.05, 4.69) is 4.72 Å². The Labute approximate surface area is 87.8 Å². The monoisotopic (exact) mass is 229 g/mol. The number of carboxylic acid groups (broad SMARTS) is 1. The Morgan fingerprint density at radius 2 is 1.93 bits per heavy atom. The molecule has 1 rings (SSSR count). The summed E-state index contributed by atoms with van der Waals surface area (Å²) in [6.45, 7) is 1.69. The first-order chi connectivity index (χ1) is 6.78. The molecule has 0 fully saturated rings. The minimum Gasteiger partial charge on any atom is -0.478 e. The third-order valence-electron chi connectivity index (χ3n) is 1.63. The maximum atomic E-state index is 10.9. The Morgan fingerprint density at radius 3 is 2.40 bits per heavy atom.